The summed E-state index contributed by atoms with van der Waals surface area (Å²) < 4.78 is 3.35. The monoisotopic (exact) mass is 461 g/mol. The molecule has 0 radical (unpaired) electrons. The lowest BCUT2D eigenvalue weighted by Gasteiger charge is -2.12. The Labute approximate surface area is 191 Å². The first-order valence-electron chi connectivity index (χ1n) is 9.99. The van der Waals surface area contributed by atoms with Crippen LogP contribution in [0.5, 0.6) is 0 Å². The average molecular weight is 462 g/mol. The second kappa shape index (κ2) is 8.89. The molecular formula is C23H19N5O2S2. The minimum Gasteiger partial charge on any atom is -0.350 e. The first-order chi connectivity index (χ1) is 15.7. The van der Waals surface area contributed by atoms with Gasteiger partial charge in [-0.05, 0) is 22.6 Å². The van der Waals surface area contributed by atoms with Crippen LogP contribution in [0.1, 0.15) is 11.1 Å². The highest BCUT2D eigenvalue weighted by Crippen LogP contribution is 2.33. The highest BCUT2D eigenvalue weighted by atomic mass is 32.1. The molecule has 0 unspecified atom stereocenters. The zero-order valence-electron chi connectivity index (χ0n) is 17.0. The molecule has 5 aromatic rings. The minimum absolute atomic E-state index is 0.0782. The second-order valence-corrected chi connectivity index (χ2v) is 9.07. The number of benzene rings is 1. The van der Waals surface area contributed by atoms with Crippen LogP contribution in [-0.2, 0) is 24.4 Å². The first-order valence-corrected chi connectivity index (χ1v) is 11.7. The van der Waals surface area contributed by atoms with Gasteiger partial charge in [-0.1, -0.05) is 30.3 Å². The van der Waals surface area contributed by atoms with Gasteiger partial charge in [0.2, 0.25) is 5.91 Å². The third-order valence-corrected chi connectivity index (χ3v) is 6.96. The van der Waals surface area contributed by atoms with Crippen molar-refractivity contribution in [3.05, 3.63) is 93.7 Å². The molecule has 9 heteroatoms. The summed E-state index contributed by atoms with van der Waals surface area (Å²) in [5.74, 6) is -0.237. The van der Waals surface area contributed by atoms with Crippen molar-refractivity contribution in [2.45, 2.75) is 19.6 Å². The minimum atomic E-state index is -0.237. The zero-order valence-corrected chi connectivity index (χ0v) is 18.6. The van der Waals surface area contributed by atoms with Crippen molar-refractivity contribution in [3.63, 3.8) is 0 Å². The van der Waals surface area contributed by atoms with Gasteiger partial charge in [0.25, 0.3) is 5.56 Å². The van der Waals surface area contributed by atoms with Crippen molar-refractivity contribution in [2.75, 3.05) is 0 Å². The molecule has 0 spiro atoms. The van der Waals surface area contributed by atoms with Gasteiger partial charge in [0, 0.05) is 41.3 Å². The molecule has 0 aliphatic heterocycles. The molecule has 4 heterocycles. The Kier molecular flexibility index (Phi) is 5.66. The predicted molar refractivity (Wildman–Crippen MR) is 127 cm³/mol. The van der Waals surface area contributed by atoms with E-state index in [1.54, 1.807) is 23.9 Å². The molecule has 4 aromatic heterocycles. The fraction of sp³-hybridized carbons (Fsp3) is 0.130. The Balaban J connectivity index is 1.32. The lowest BCUT2D eigenvalue weighted by molar-refractivity contribution is -0.121. The molecule has 0 bridgehead atoms. The SMILES string of the molecule is O=C(Cn1cnc2scc(-c3cccs3)c2c1=O)NCc1ccccc1Cn1ccnc1. The number of hydrogen-bond acceptors (Lipinski definition) is 6. The van der Waals surface area contributed by atoms with E-state index in [9.17, 15) is 9.59 Å². The summed E-state index contributed by atoms with van der Waals surface area (Å²) in [5.41, 5.74) is 2.80. The van der Waals surface area contributed by atoms with Gasteiger partial charge in [-0.2, -0.15) is 0 Å². The van der Waals surface area contributed by atoms with Gasteiger partial charge in [-0.25, -0.2) is 9.97 Å². The molecule has 0 saturated heterocycles. The fourth-order valence-electron chi connectivity index (χ4n) is 3.56. The van der Waals surface area contributed by atoms with E-state index in [-0.39, 0.29) is 18.0 Å². The molecule has 32 heavy (non-hydrogen) atoms. The largest absolute Gasteiger partial charge is 0.350 e. The summed E-state index contributed by atoms with van der Waals surface area (Å²) in [4.78, 5) is 35.9. The maximum atomic E-state index is 13.1. The zero-order chi connectivity index (χ0) is 21.9. The smallest absolute Gasteiger partial charge is 0.263 e. The van der Waals surface area contributed by atoms with Gasteiger partial charge in [-0.15, -0.1) is 22.7 Å². The summed E-state index contributed by atoms with van der Waals surface area (Å²) in [6.45, 7) is 0.980. The van der Waals surface area contributed by atoms with Crippen molar-refractivity contribution in [1.82, 2.24) is 24.4 Å². The van der Waals surface area contributed by atoms with E-state index in [2.05, 4.69) is 15.3 Å². The van der Waals surface area contributed by atoms with Crippen LogP contribution in [0.25, 0.3) is 20.7 Å². The highest BCUT2D eigenvalue weighted by molar-refractivity contribution is 7.18. The number of hydrogen-bond donors (Lipinski definition) is 1. The van der Waals surface area contributed by atoms with E-state index in [1.165, 1.54) is 22.2 Å². The number of nitrogens with zero attached hydrogens (tertiary/aromatic N) is 4. The average Bonchev–Trinajstić information content (AvgIpc) is 3.57. The maximum Gasteiger partial charge on any atom is 0.263 e. The maximum absolute atomic E-state index is 13.1. The van der Waals surface area contributed by atoms with E-state index in [4.69, 9.17) is 0 Å². The van der Waals surface area contributed by atoms with Crippen molar-refractivity contribution in [1.29, 1.82) is 0 Å². The van der Waals surface area contributed by atoms with E-state index < -0.39 is 0 Å². The Morgan fingerprint density at radius 2 is 1.94 bits per heavy atom. The summed E-state index contributed by atoms with van der Waals surface area (Å²) >= 11 is 3.02. The normalized spacial score (nSPS) is 11.1. The summed E-state index contributed by atoms with van der Waals surface area (Å²) in [6.07, 6.45) is 6.86. The van der Waals surface area contributed by atoms with E-state index in [1.807, 2.05) is 57.9 Å². The molecule has 0 aliphatic rings. The van der Waals surface area contributed by atoms with Crippen LogP contribution < -0.4 is 10.9 Å². The molecule has 1 N–H and O–H groups in total. The highest BCUT2D eigenvalue weighted by Gasteiger charge is 2.15. The van der Waals surface area contributed by atoms with Crippen LogP contribution >= 0.6 is 22.7 Å². The van der Waals surface area contributed by atoms with Crippen molar-refractivity contribution in [2.24, 2.45) is 0 Å². The van der Waals surface area contributed by atoms with Crippen LogP contribution in [0.15, 0.2) is 77.0 Å². The molecule has 0 aliphatic carbocycles. The number of fused-ring (bicyclic) bond motifs is 1. The lowest BCUT2D eigenvalue weighted by atomic mass is 10.1. The number of nitrogens with one attached hydrogen (secondary N) is 1. The number of thiophene rings is 2. The molecule has 7 nitrogen and oxygen atoms in total. The molecule has 0 fully saturated rings. The van der Waals surface area contributed by atoms with Crippen molar-refractivity contribution < 1.29 is 4.79 Å². The van der Waals surface area contributed by atoms with Crippen LogP contribution in [0, 0.1) is 0 Å². The molecule has 5 rings (SSSR count). The topological polar surface area (TPSA) is 81.8 Å². The fourth-order valence-corrected chi connectivity index (χ4v) is 5.28. The van der Waals surface area contributed by atoms with Crippen molar-refractivity contribution in [3.8, 4) is 10.4 Å². The summed E-state index contributed by atoms with van der Waals surface area (Å²) in [5, 5.41) is 7.43. The molecule has 160 valence electrons. The number of rotatable bonds is 7. The summed E-state index contributed by atoms with van der Waals surface area (Å²) in [6, 6.07) is 11.9. The van der Waals surface area contributed by atoms with Crippen molar-refractivity contribution >= 4 is 38.8 Å². The summed E-state index contributed by atoms with van der Waals surface area (Å²) in [7, 11) is 0. The van der Waals surface area contributed by atoms with Crippen LogP contribution in [0.3, 0.4) is 0 Å². The van der Waals surface area contributed by atoms with Crippen LogP contribution in [0.4, 0.5) is 0 Å². The standard InChI is InChI=1S/C23H19N5O2S2/c29-20(25-10-16-4-1-2-5-17(16)11-27-8-7-24-14-27)12-28-15-26-22-21(23(28)30)18(13-32-22)19-6-3-9-31-19/h1-9,13-15H,10-12H2,(H,25,29). The molecule has 1 amide bonds. The van der Waals surface area contributed by atoms with E-state index in [0.29, 0.717) is 23.3 Å². The number of carbonyl (C=O) groups excluding carboxylic acids is 1. The Hall–Kier alpha value is -3.56. The first kappa shape index (κ1) is 20.3. The quantitative estimate of drug-likeness (QED) is 0.400. The van der Waals surface area contributed by atoms with Crippen LogP contribution in [-0.4, -0.2) is 25.0 Å². The van der Waals surface area contributed by atoms with E-state index >= 15 is 0 Å². The number of carbonyl (C=O) groups is 1. The van der Waals surface area contributed by atoms with Gasteiger partial charge in [0.15, 0.2) is 0 Å². The predicted octanol–water partition coefficient (Wildman–Crippen LogP) is 3.75. The number of aromatic nitrogens is 4. The number of amides is 1. The van der Waals surface area contributed by atoms with E-state index in [0.717, 1.165) is 21.6 Å². The Morgan fingerprint density at radius 3 is 2.72 bits per heavy atom. The molecule has 0 atom stereocenters. The van der Waals surface area contributed by atoms with Gasteiger partial charge in [-0.3, -0.25) is 14.2 Å². The van der Waals surface area contributed by atoms with Gasteiger partial charge < -0.3 is 9.88 Å². The molecule has 0 saturated carbocycles. The molecule has 1 aromatic carbocycles. The Morgan fingerprint density at radius 1 is 1.06 bits per heavy atom. The van der Waals surface area contributed by atoms with Gasteiger partial charge >= 0.3 is 0 Å². The third kappa shape index (κ3) is 4.12. The second-order valence-electron chi connectivity index (χ2n) is 7.26. The van der Waals surface area contributed by atoms with Gasteiger partial charge in [0.05, 0.1) is 18.0 Å². The van der Waals surface area contributed by atoms with Crippen LogP contribution in [0.2, 0.25) is 0 Å². The number of imidazole rings is 1. The molecular weight excluding hydrogens is 442 g/mol. The van der Waals surface area contributed by atoms with Gasteiger partial charge in [0.1, 0.15) is 11.4 Å². The third-order valence-electron chi connectivity index (χ3n) is 5.17. The Bertz CT molecular complexity index is 1420. The lowest BCUT2D eigenvalue weighted by Crippen LogP contribution is -2.32.